The van der Waals surface area contributed by atoms with E-state index in [1.54, 1.807) is 25.3 Å². The van der Waals surface area contributed by atoms with Crippen molar-refractivity contribution < 1.29 is 4.79 Å². The Balaban J connectivity index is 2.68. The third kappa shape index (κ3) is 3.26. The molecule has 1 N–H and O–H groups in total. The van der Waals surface area contributed by atoms with Crippen molar-refractivity contribution in [3.8, 4) is 11.8 Å². The van der Waals surface area contributed by atoms with Crippen LogP contribution in [-0.4, -0.2) is 10.9 Å². The number of rotatable bonds is 1. The average Bonchev–Trinajstić information content (AvgIpc) is 2.09. The summed E-state index contributed by atoms with van der Waals surface area (Å²) in [6.45, 7) is 1.61. The number of halogens is 1. The number of carbonyl (C=O) groups excluding carboxylic acids is 1. The van der Waals surface area contributed by atoms with Crippen LogP contribution in [0.3, 0.4) is 0 Å². The predicted molar refractivity (Wildman–Crippen MR) is 54.0 cm³/mol. The minimum Gasteiger partial charge on any atom is -0.300 e. The maximum atomic E-state index is 11.0. The van der Waals surface area contributed by atoms with Gasteiger partial charge in [-0.3, -0.25) is 10.1 Å². The zero-order valence-electron chi connectivity index (χ0n) is 6.97. The van der Waals surface area contributed by atoms with Crippen LogP contribution in [0.4, 0.5) is 5.82 Å². The van der Waals surface area contributed by atoms with Gasteiger partial charge in [-0.15, -0.1) is 0 Å². The standard InChI is InChI=1S/C9H7BrN2O/c1-2-3-9(13)12-8-5-4-7(10)6-11-8/h4-6H,1H3,(H,11,12,13). The Morgan fingerprint density at radius 3 is 2.92 bits per heavy atom. The second-order valence-electron chi connectivity index (χ2n) is 2.19. The number of pyridine rings is 1. The molecule has 0 bridgehead atoms. The minimum absolute atomic E-state index is 0.350. The Hall–Kier alpha value is -1.34. The summed E-state index contributed by atoms with van der Waals surface area (Å²) in [5.74, 6) is 5.00. The van der Waals surface area contributed by atoms with E-state index in [0.29, 0.717) is 5.82 Å². The van der Waals surface area contributed by atoms with Gasteiger partial charge in [0.15, 0.2) is 0 Å². The molecule has 66 valence electrons. The molecule has 0 aliphatic carbocycles. The van der Waals surface area contributed by atoms with Crippen LogP contribution in [0, 0.1) is 11.8 Å². The molecule has 0 spiro atoms. The van der Waals surface area contributed by atoms with Gasteiger partial charge in [-0.1, -0.05) is 5.92 Å². The first-order valence-corrected chi connectivity index (χ1v) is 4.37. The molecule has 3 nitrogen and oxygen atoms in total. The monoisotopic (exact) mass is 238 g/mol. The van der Waals surface area contributed by atoms with Gasteiger partial charge in [-0.25, -0.2) is 4.98 Å². The maximum Gasteiger partial charge on any atom is 0.301 e. The van der Waals surface area contributed by atoms with Crippen molar-refractivity contribution in [1.82, 2.24) is 4.98 Å². The fourth-order valence-electron chi connectivity index (χ4n) is 0.711. The van der Waals surface area contributed by atoms with Crippen LogP contribution in [-0.2, 0) is 4.79 Å². The van der Waals surface area contributed by atoms with Gasteiger partial charge < -0.3 is 0 Å². The fraction of sp³-hybridized carbons (Fsp3) is 0.111. The first-order valence-electron chi connectivity index (χ1n) is 3.57. The van der Waals surface area contributed by atoms with Gasteiger partial charge in [0.05, 0.1) is 0 Å². The van der Waals surface area contributed by atoms with Crippen molar-refractivity contribution in [2.75, 3.05) is 5.32 Å². The summed E-state index contributed by atoms with van der Waals surface area (Å²) in [6.07, 6.45) is 1.61. The van der Waals surface area contributed by atoms with Crippen LogP contribution in [0.5, 0.6) is 0 Å². The van der Waals surface area contributed by atoms with Gasteiger partial charge in [0.1, 0.15) is 5.82 Å². The number of hydrogen-bond donors (Lipinski definition) is 1. The first kappa shape index (κ1) is 9.75. The van der Waals surface area contributed by atoms with Crippen molar-refractivity contribution in [3.63, 3.8) is 0 Å². The average molecular weight is 239 g/mol. The lowest BCUT2D eigenvalue weighted by molar-refractivity contribution is -0.111. The lowest BCUT2D eigenvalue weighted by Crippen LogP contribution is -2.09. The lowest BCUT2D eigenvalue weighted by atomic mass is 10.4. The molecule has 1 aromatic heterocycles. The maximum absolute atomic E-state index is 11.0. The summed E-state index contributed by atoms with van der Waals surface area (Å²) in [5.41, 5.74) is 0. The molecule has 0 aromatic carbocycles. The number of carbonyl (C=O) groups is 1. The van der Waals surface area contributed by atoms with E-state index in [2.05, 4.69) is 38.1 Å². The van der Waals surface area contributed by atoms with Gasteiger partial charge in [0, 0.05) is 10.7 Å². The molecule has 0 fully saturated rings. The summed E-state index contributed by atoms with van der Waals surface area (Å²) in [7, 11) is 0. The van der Waals surface area contributed by atoms with Crippen molar-refractivity contribution in [3.05, 3.63) is 22.8 Å². The second-order valence-corrected chi connectivity index (χ2v) is 3.11. The van der Waals surface area contributed by atoms with E-state index in [9.17, 15) is 4.79 Å². The molecular formula is C9H7BrN2O. The van der Waals surface area contributed by atoms with E-state index in [4.69, 9.17) is 0 Å². The Morgan fingerprint density at radius 1 is 1.62 bits per heavy atom. The molecule has 0 aliphatic heterocycles. The van der Waals surface area contributed by atoms with Crippen LogP contribution in [0.25, 0.3) is 0 Å². The molecule has 13 heavy (non-hydrogen) atoms. The van der Waals surface area contributed by atoms with Gasteiger partial charge in [0.25, 0.3) is 0 Å². The molecule has 0 unspecified atom stereocenters. The minimum atomic E-state index is -0.350. The fourth-order valence-corrected chi connectivity index (χ4v) is 0.945. The Bertz CT molecular complexity index is 361. The summed E-state index contributed by atoms with van der Waals surface area (Å²) < 4.78 is 0.868. The SMILES string of the molecule is CC#CC(=O)Nc1ccc(Br)cn1. The number of nitrogens with zero attached hydrogens (tertiary/aromatic N) is 1. The van der Waals surface area contributed by atoms with Gasteiger partial charge in [0.2, 0.25) is 0 Å². The van der Waals surface area contributed by atoms with Crippen molar-refractivity contribution in [2.24, 2.45) is 0 Å². The lowest BCUT2D eigenvalue weighted by Gasteiger charge is -1.98. The molecular weight excluding hydrogens is 232 g/mol. The van der Waals surface area contributed by atoms with Crippen molar-refractivity contribution >= 4 is 27.7 Å². The second kappa shape index (κ2) is 4.63. The van der Waals surface area contributed by atoms with E-state index in [0.717, 1.165) is 4.47 Å². The van der Waals surface area contributed by atoms with Crippen LogP contribution in [0.1, 0.15) is 6.92 Å². The topological polar surface area (TPSA) is 42.0 Å². The van der Waals surface area contributed by atoms with Gasteiger partial charge >= 0.3 is 5.91 Å². The highest BCUT2D eigenvalue weighted by atomic mass is 79.9. The number of nitrogens with one attached hydrogen (secondary N) is 1. The van der Waals surface area contributed by atoms with E-state index >= 15 is 0 Å². The van der Waals surface area contributed by atoms with E-state index in [-0.39, 0.29) is 5.91 Å². The largest absolute Gasteiger partial charge is 0.301 e. The first-order chi connectivity index (χ1) is 6.22. The molecule has 1 rings (SSSR count). The van der Waals surface area contributed by atoms with Crippen LogP contribution in [0.2, 0.25) is 0 Å². The summed E-state index contributed by atoms with van der Waals surface area (Å²) >= 11 is 3.24. The smallest absolute Gasteiger partial charge is 0.300 e. The van der Waals surface area contributed by atoms with Crippen LogP contribution >= 0.6 is 15.9 Å². The zero-order valence-corrected chi connectivity index (χ0v) is 8.55. The third-order valence-electron chi connectivity index (χ3n) is 1.21. The molecule has 0 aliphatic rings. The molecule has 0 saturated heterocycles. The Labute approximate surface area is 84.7 Å². The molecule has 1 aromatic rings. The number of amides is 1. The summed E-state index contributed by atoms with van der Waals surface area (Å²) in [5, 5.41) is 2.53. The molecule has 0 atom stereocenters. The number of aromatic nitrogens is 1. The molecule has 4 heteroatoms. The molecule has 0 saturated carbocycles. The van der Waals surface area contributed by atoms with Crippen LogP contribution < -0.4 is 5.32 Å². The Morgan fingerprint density at radius 2 is 2.38 bits per heavy atom. The molecule has 1 heterocycles. The zero-order chi connectivity index (χ0) is 9.68. The van der Waals surface area contributed by atoms with E-state index in [1.165, 1.54) is 0 Å². The summed E-state index contributed by atoms with van der Waals surface area (Å²) in [6, 6.07) is 3.49. The predicted octanol–water partition coefficient (Wildman–Crippen LogP) is 1.81. The molecule has 1 amide bonds. The summed E-state index contributed by atoms with van der Waals surface area (Å²) in [4.78, 5) is 14.9. The van der Waals surface area contributed by atoms with E-state index < -0.39 is 0 Å². The number of anilines is 1. The van der Waals surface area contributed by atoms with Gasteiger partial charge in [-0.05, 0) is 40.9 Å². The van der Waals surface area contributed by atoms with Crippen molar-refractivity contribution in [1.29, 1.82) is 0 Å². The quantitative estimate of drug-likeness (QED) is 0.759. The highest BCUT2D eigenvalue weighted by Crippen LogP contribution is 2.09. The highest BCUT2D eigenvalue weighted by Gasteiger charge is 1.97. The molecule has 0 radical (unpaired) electrons. The third-order valence-corrected chi connectivity index (χ3v) is 1.68. The van der Waals surface area contributed by atoms with Crippen molar-refractivity contribution in [2.45, 2.75) is 6.92 Å². The number of hydrogen-bond acceptors (Lipinski definition) is 2. The Kier molecular flexibility index (Phi) is 3.47. The van der Waals surface area contributed by atoms with Crippen LogP contribution in [0.15, 0.2) is 22.8 Å². The highest BCUT2D eigenvalue weighted by molar-refractivity contribution is 9.10. The van der Waals surface area contributed by atoms with E-state index in [1.807, 2.05) is 0 Å². The van der Waals surface area contributed by atoms with Gasteiger partial charge in [-0.2, -0.15) is 0 Å². The normalized spacial score (nSPS) is 8.46.